The predicted molar refractivity (Wildman–Crippen MR) is 65.0 cm³/mol. The zero-order valence-corrected chi connectivity index (χ0v) is 9.80. The molecule has 0 saturated carbocycles. The molecule has 0 fully saturated rings. The number of hydrogen-bond donors (Lipinski definition) is 2. The highest BCUT2D eigenvalue weighted by atomic mass is 35.5. The smallest absolute Gasteiger partial charge is 0.320 e. The van der Waals surface area contributed by atoms with Crippen LogP contribution in [0.5, 0.6) is 0 Å². The third kappa shape index (κ3) is 2.74. The molecule has 0 bridgehead atoms. The van der Waals surface area contributed by atoms with E-state index in [9.17, 15) is 4.79 Å². The summed E-state index contributed by atoms with van der Waals surface area (Å²) in [6.07, 6.45) is 3.90. The normalized spacial score (nSPS) is 15.1. The quantitative estimate of drug-likeness (QED) is 0.844. The van der Waals surface area contributed by atoms with Gasteiger partial charge >= 0.3 is 5.97 Å². The van der Waals surface area contributed by atoms with Crippen molar-refractivity contribution in [2.24, 2.45) is 5.73 Å². The monoisotopic (exact) mass is 241 g/mol. The highest BCUT2D eigenvalue weighted by Crippen LogP contribution is 2.23. The van der Waals surface area contributed by atoms with Gasteiger partial charge < -0.3 is 10.8 Å². The molecule has 16 heavy (non-hydrogen) atoms. The second kappa shape index (κ2) is 5.32. The molecule has 0 aliphatic heterocycles. The minimum Gasteiger partial charge on any atom is -0.480 e. The molecule has 0 radical (unpaired) electrons. The van der Waals surface area contributed by atoms with Crippen molar-refractivity contribution in [1.82, 2.24) is 0 Å². The number of nitrogens with two attached hydrogens (primary N) is 1. The first kappa shape index (κ1) is 13.0. The molecule has 1 aliphatic carbocycles. The van der Waals surface area contributed by atoms with Crippen LogP contribution in [0.4, 0.5) is 0 Å². The molecule has 88 valence electrons. The Labute approximate surface area is 101 Å². The van der Waals surface area contributed by atoms with Gasteiger partial charge in [0.15, 0.2) is 0 Å². The Morgan fingerprint density at radius 1 is 1.38 bits per heavy atom. The number of carboxylic acids is 1. The van der Waals surface area contributed by atoms with Gasteiger partial charge in [-0.1, -0.05) is 18.2 Å². The van der Waals surface area contributed by atoms with Gasteiger partial charge in [-0.2, -0.15) is 0 Å². The van der Waals surface area contributed by atoms with Gasteiger partial charge in [0.05, 0.1) is 0 Å². The maximum atomic E-state index is 10.6. The summed E-state index contributed by atoms with van der Waals surface area (Å²) in [4.78, 5) is 10.6. The zero-order valence-electron chi connectivity index (χ0n) is 8.98. The lowest BCUT2D eigenvalue weighted by Gasteiger charge is -2.08. The Hall–Kier alpha value is -1.06. The van der Waals surface area contributed by atoms with Crippen molar-refractivity contribution in [2.45, 2.75) is 31.7 Å². The maximum Gasteiger partial charge on any atom is 0.320 e. The van der Waals surface area contributed by atoms with Crippen molar-refractivity contribution in [3.05, 3.63) is 34.9 Å². The molecule has 0 amide bonds. The number of aryl methyl sites for hydroxylation is 2. The highest BCUT2D eigenvalue weighted by molar-refractivity contribution is 5.85. The van der Waals surface area contributed by atoms with E-state index in [2.05, 4.69) is 12.1 Å². The van der Waals surface area contributed by atoms with Crippen LogP contribution in [-0.4, -0.2) is 17.1 Å². The van der Waals surface area contributed by atoms with Crippen molar-refractivity contribution in [3.8, 4) is 0 Å². The average Bonchev–Trinajstić information content (AvgIpc) is 2.64. The summed E-state index contributed by atoms with van der Waals surface area (Å²) in [6.45, 7) is 0. The van der Waals surface area contributed by atoms with Crippen molar-refractivity contribution in [2.75, 3.05) is 0 Å². The Morgan fingerprint density at radius 3 is 2.75 bits per heavy atom. The topological polar surface area (TPSA) is 63.3 Å². The molecule has 0 saturated heterocycles. The fourth-order valence-electron chi connectivity index (χ4n) is 2.09. The molecule has 0 aromatic heterocycles. The number of fused-ring (bicyclic) bond motifs is 1. The number of rotatable bonds is 3. The highest BCUT2D eigenvalue weighted by Gasteiger charge is 2.15. The van der Waals surface area contributed by atoms with Crippen LogP contribution in [0.3, 0.4) is 0 Å². The van der Waals surface area contributed by atoms with Crippen molar-refractivity contribution in [3.63, 3.8) is 0 Å². The molecule has 1 aliphatic rings. The van der Waals surface area contributed by atoms with Gasteiger partial charge in [-0.3, -0.25) is 4.79 Å². The molecule has 2 rings (SSSR count). The van der Waals surface area contributed by atoms with E-state index in [1.807, 2.05) is 6.07 Å². The standard InChI is InChI=1S/C12H15NO2.ClH/c13-11(12(14)15)7-8-4-5-9-2-1-3-10(9)6-8;/h4-6,11H,1-3,7,13H2,(H,14,15);1H/t11-;/m0./s1. The van der Waals surface area contributed by atoms with Gasteiger partial charge in [-0.25, -0.2) is 0 Å². The molecule has 0 spiro atoms. The van der Waals surface area contributed by atoms with Gasteiger partial charge in [-0.15, -0.1) is 12.4 Å². The van der Waals surface area contributed by atoms with E-state index in [1.165, 1.54) is 17.5 Å². The minimum atomic E-state index is -0.935. The third-order valence-corrected chi connectivity index (χ3v) is 2.94. The molecule has 1 aromatic carbocycles. The second-order valence-corrected chi connectivity index (χ2v) is 4.11. The average molecular weight is 242 g/mol. The molecular weight excluding hydrogens is 226 g/mol. The number of benzene rings is 1. The van der Waals surface area contributed by atoms with Gasteiger partial charge in [0.2, 0.25) is 0 Å². The predicted octanol–water partition coefficient (Wildman–Crippen LogP) is 1.55. The van der Waals surface area contributed by atoms with E-state index in [4.69, 9.17) is 10.8 Å². The SMILES string of the molecule is Cl.N[C@@H](Cc1ccc2c(c1)CCC2)C(=O)O. The summed E-state index contributed by atoms with van der Waals surface area (Å²) >= 11 is 0. The zero-order chi connectivity index (χ0) is 10.8. The fourth-order valence-corrected chi connectivity index (χ4v) is 2.09. The number of hydrogen-bond acceptors (Lipinski definition) is 2. The van der Waals surface area contributed by atoms with Crippen LogP contribution in [0.2, 0.25) is 0 Å². The van der Waals surface area contributed by atoms with Gasteiger partial charge in [0, 0.05) is 0 Å². The number of aliphatic carboxylic acids is 1. The molecular formula is C12H16ClNO2. The Balaban J connectivity index is 0.00000128. The lowest BCUT2D eigenvalue weighted by molar-refractivity contribution is -0.138. The van der Waals surface area contributed by atoms with Crippen LogP contribution in [0.25, 0.3) is 0 Å². The molecule has 4 heteroatoms. The van der Waals surface area contributed by atoms with Crippen molar-refractivity contribution < 1.29 is 9.90 Å². The number of carboxylic acid groups (broad SMARTS) is 1. The van der Waals surface area contributed by atoms with E-state index in [0.717, 1.165) is 18.4 Å². The molecule has 0 heterocycles. The van der Waals surface area contributed by atoms with E-state index in [0.29, 0.717) is 6.42 Å². The molecule has 1 aromatic rings. The van der Waals surface area contributed by atoms with Crippen LogP contribution in [-0.2, 0) is 24.1 Å². The number of halogens is 1. The van der Waals surface area contributed by atoms with Crippen LogP contribution in [0, 0.1) is 0 Å². The Kier molecular flexibility index (Phi) is 4.33. The van der Waals surface area contributed by atoms with Crippen LogP contribution in [0.1, 0.15) is 23.1 Å². The molecule has 1 atom stereocenters. The first-order chi connectivity index (χ1) is 7.16. The van der Waals surface area contributed by atoms with Gasteiger partial charge in [0.1, 0.15) is 6.04 Å². The summed E-state index contributed by atoms with van der Waals surface area (Å²) in [5, 5.41) is 8.71. The Morgan fingerprint density at radius 2 is 2.06 bits per heavy atom. The lowest BCUT2D eigenvalue weighted by Crippen LogP contribution is -2.32. The summed E-state index contributed by atoms with van der Waals surface area (Å²) in [7, 11) is 0. The minimum absolute atomic E-state index is 0. The number of carbonyl (C=O) groups is 1. The first-order valence-corrected chi connectivity index (χ1v) is 5.26. The largest absolute Gasteiger partial charge is 0.480 e. The molecule has 3 N–H and O–H groups in total. The van der Waals surface area contributed by atoms with Crippen molar-refractivity contribution >= 4 is 18.4 Å². The summed E-state index contributed by atoms with van der Waals surface area (Å²) in [6, 6.07) is 5.41. The van der Waals surface area contributed by atoms with Crippen LogP contribution in [0.15, 0.2) is 18.2 Å². The summed E-state index contributed by atoms with van der Waals surface area (Å²) in [5.41, 5.74) is 9.30. The van der Waals surface area contributed by atoms with E-state index < -0.39 is 12.0 Å². The molecule has 3 nitrogen and oxygen atoms in total. The molecule has 0 unspecified atom stereocenters. The van der Waals surface area contributed by atoms with Crippen LogP contribution >= 0.6 is 12.4 Å². The fraction of sp³-hybridized carbons (Fsp3) is 0.417. The van der Waals surface area contributed by atoms with E-state index in [1.54, 1.807) is 0 Å². The third-order valence-electron chi connectivity index (χ3n) is 2.94. The van der Waals surface area contributed by atoms with Crippen molar-refractivity contribution in [1.29, 1.82) is 0 Å². The summed E-state index contributed by atoms with van der Waals surface area (Å²) in [5.74, 6) is -0.935. The van der Waals surface area contributed by atoms with E-state index >= 15 is 0 Å². The first-order valence-electron chi connectivity index (χ1n) is 5.26. The maximum absolute atomic E-state index is 10.6. The second-order valence-electron chi connectivity index (χ2n) is 4.11. The van der Waals surface area contributed by atoms with Crippen LogP contribution < -0.4 is 5.73 Å². The van der Waals surface area contributed by atoms with E-state index in [-0.39, 0.29) is 12.4 Å². The lowest BCUT2D eigenvalue weighted by atomic mass is 10.0. The van der Waals surface area contributed by atoms with Gasteiger partial charge in [0.25, 0.3) is 0 Å². The Bertz CT molecular complexity index is 393. The summed E-state index contributed by atoms with van der Waals surface area (Å²) < 4.78 is 0. The van der Waals surface area contributed by atoms with Gasteiger partial charge in [-0.05, 0) is 42.4 Å².